The summed E-state index contributed by atoms with van der Waals surface area (Å²) >= 11 is 9.24. The van der Waals surface area contributed by atoms with Gasteiger partial charge in [0.1, 0.15) is 0 Å². The summed E-state index contributed by atoms with van der Waals surface area (Å²) in [4.78, 5) is 23.3. The molecule has 2 N–H and O–H groups in total. The minimum absolute atomic E-state index is 0.0611. The Labute approximate surface area is 126 Å². The fourth-order valence-electron chi connectivity index (χ4n) is 1.32. The Morgan fingerprint density at radius 1 is 1.32 bits per heavy atom. The van der Waals surface area contributed by atoms with Crippen molar-refractivity contribution >= 4 is 39.3 Å². The van der Waals surface area contributed by atoms with Gasteiger partial charge in [-0.05, 0) is 34.0 Å². The van der Waals surface area contributed by atoms with Gasteiger partial charge in [0, 0.05) is 11.0 Å². The van der Waals surface area contributed by atoms with E-state index in [1.54, 1.807) is 18.2 Å². The Bertz CT molecular complexity index is 478. The zero-order chi connectivity index (χ0) is 14.4. The summed E-state index contributed by atoms with van der Waals surface area (Å²) in [6, 6.07) is 5.06. The van der Waals surface area contributed by atoms with E-state index in [0.29, 0.717) is 27.5 Å². The van der Waals surface area contributed by atoms with Crippen molar-refractivity contribution in [3.63, 3.8) is 0 Å². The Hall–Kier alpha value is -1.07. The van der Waals surface area contributed by atoms with Gasteiger partial charge in [-0.1, -0.05) is 31.5 Å². The van der Waals surface area contributed by atoms with Crippen molar-refractivity contribution in [2.24, 2.45) is 5.92 Å². The molecule has 104 valence electrons. The van der Waals surface area contributed by atoms with Crippen LogP contribution >= 0.6 is 27.5 Å². The molecule has 0 aliphatic heterocycles. The summed E-state index contributed by atoms with van der Waals surface area (Å²) in [5.74, 6) is -0.210. The van der Waals surface area contributed by atoms with E-state index in [-0.39, 0.29) is 18.4 Å². The molecule has 0 aromatic heterocycles. The molecule has 0 aliphatic rings. The second-order valence-electron chi connectivity index (χ2n) is 4.48. The zero-order valence-electron chi connectivity index (χ0n) is 10.8. The molecule has 0 fully saturated rings. The number of rotatable bonds is 5. The van der Waals surface area contributed by atoms with Crippen molar-refractivity contribution in [3.05, 3.63) is 33.3 Å². The summed E-state index contributed by atoms with van der Waals surface area (Å²) in [7, 11) is 0. The molecule has 0 radical (unpaired) electrons. The average molecular weight is 348 g/mol. The summed E-state index contributed by atoms with van der Waals surface area (Å²) in [5, 5.41) is 5.59. The molecular weight excluding hydrogens is 332 g/mol. The fraction of sp³-hybridized carbons (Fsp3) is 0.385. The van der Waals surface area contributed by atoms with Crippen LogP contribution in [0.4, 0.5) is 0 Å². The van der Waals surface area contributed by atoms with E-state index in [0.717, 1.165) is 0 Å². The predicted molar refractivity (Wildman–Crippen MR) is 79.3 cm³/mol. The van der Waals surface area contributed by atoms with Crippen LogP contribution in [-0.4, -0.2) is 24.9 Å². The molecule has 0 unspecified atom stereocenters. The van der Waals surface area contributed by atoms with Crippen LogP contribution in [0.1, 0.15) is 24.2 Å². The molecule has 19 heavy (non-hydrogen) atoms. The quantitative estimate of drug-likeness (QED) is 0.860. The van der Waals surface area contributed by atoms with Crippen molar-refractivity contribution in [3.8, 4) is 0 Å². The summed E-state index contributed by atoms with van der Waals surface area (Å²) in [5.41, 5.74) is 0.340. The lowest BCUT2D eigenvalue weighted by Crippen LogP contribution is -2.38. The van der Waals surface area contributed by atoms with Gasteiger partial charge in [-0.3, -0.25) is 9.59 Å². The number of benzene rings is 1. The molecular formula is C13H16BrClN2O2. The lowest BCUT2D eigenvalue weighted by molar-refractivity contribution is -0.120. The van der Waals surface area contributed by atoms with Gasteiger partial charge in [0.2, 0.25) is 5.91 Å². The Balaban J connectivity index is 2.52. The summed E-state index contributed by atoms with van der Waals surface area (Å²) < 4.78 is 0.645. The van der Waals surface area contributed by atoms with Gasteiger partial charge in [0.25, 0.3) is 5.91 Å². The van der Waals surface area contributed by atoms with Crippen LogP contribution in [0.3, 0.4) is 0 Å². The number of amides is 2. The van der Waals surface area contributed by atoms with E-state index >= 15 is 0 Å². The average Bonchev–Trinajstić information content (AvgIpc) is 2.36. The van der Waals surface area contributed by atoms with E-state index in [4.69, 9.17) is 11.6 Å². The maximum Gasteiger partial charge on any atom is 0.253 e. The van der Waals surface area contributed by atoms with Crippen molar-refractivity contribution in [2.45, 2.75) is 13.8 Å². The molecule has 0 aliphatic carbocycles. The Kier molecular flexibility index (Phi) is 6.31. The van der Waals surface area contributed by atoms with Crippen LogP contribution in [0.25, 0.3) is 0 Å². The molecule has 2 amide bonds. The molecule has 0 saturated carbocycles. The minimum Gasteiger partial charge on any atom is -0.354 e. The predicted octanol–water partition coefficient (Wildman–Crippen LogP) is 2.60. The van der Waals surface area contributed by atoms with Crippen molar-refractivity contribution in [1.82, 2.24) is 10.6 Å². The first kappa shape index (κ1) is 16.0. The molecule has 1 aromatic rings. The number of halogens is 2. The van der Waals surface area contributed by atoms with Crippen molar-refractivity contribution < 1.29 is 9.59 Å². The largest absolute Gasteiger partial charge is 0.354 e. The van der Waals surface area contributed by atoms with Crippen LogP contribution in [0.5, 0.6) is 0 Å². The lowest BCUT2D eigenvalue weighted by atomic mass is 10.2. The highest BCUT2D eigenvalue weighted by molar-refractivity contribution is 9.10. The van der Waals surface area contributed by atoms with Crippen LogP contribution in [0, 0.1) is 5.92 Å². The minimum atomic E-state index is -0.369. The highest BCUT2D eigenvalue weighted by Crippen LogP contribution is 2.25. The van der Waals surface area contributed by atoms with Gasteiger partial charge in [0.15, 0.2) is 0 Å². The van der Waals surface area contributed by atoms with E-state index in [9.17, 15) is 9.59 Å². The van der Waals surface area contributed by atoms with Crippen LogP contribution in [-0.2, 0) is 4.79 Å². The topological polar surface area (TPSA) is 58.2 Å². The van der Waals surface area contributed by atoms with Gasteiger partial charge >= 0.3 is 0 Å². The van der Waals surface area contributed by atoms with E-state index in [1.165, 1.54) is 0 Å². The second-order valence-corrected chi connectivity index (χ2v) is 5.71. The first-order chi connectivity index (χ1) is 8.91. The molecule has 0 saturated heterocycles. The molecule has 0 heterocycles. The molecule has 4 nitrogen and oxygen atoms in total. The summed E-state index contributed by atoms with van der Waals surface area (Å²) in [6.07, 6.45) is 0. The van der Waals surface area contributed by atoms with E-state index in [2.05, 4.69) is 26.6 Å². The maximum atomic E-state index is 11.9. The first-order valence-corrected chi connectivity index (χ1v) is 7.07. The zero-order valence-corrected chi connectivity index (χ0v) is 13.1. The molecule has 0 bridgehead atoms. The van der Waals surface area contributed by atoms with Gasteiger partial charge < -0.3 is 10.6 Å². The third-order valence-electron chi connectivity index (χ3n) is 2.31. The van der Waals surface area contributed by atoms with E-state index in [1.807, 2.05) is 13.8 Å². The second kappa shape index (κ2) is 7.50. The molecule has 0 atom stereocenters. The van der Waals surface area contributed by atoms with Crippen LogP contribution in [0.2, 0.25) is 5.02 Å². The smallest absolute Gasteiger partial charge is 0.253 e. The maximum absolute atomic E-state index is 11.9. The number of carbonyl (C=O) groups excluding carboxylic acids is 2. The molecule has 1 aromatic carbocycles. The normalized spacial score (nSPS) is 10.4. The van der Waals surface area contributed by atoms with Crippen molar-refractivity contribution in [1.29, 1.82) is 0 Å². The van der Waals surface area contributed by atoms with Gasteiger partial charge in [-0.15, -0.1) is 0 Å². The first-order valence-electron chi connectivity index (χ1n) is 5.90. The number of carbonyl (C=O) groups is 2. The third kappa shape index (κ3) is 5.20. The SMILES string of the molecule is CC(C)CNC(=O)CNC(=O)c1cccc(Br)c1Cl. The van der Waals surface area contributed by atoms with Gasteiger partial charge in [-0.25, -0.2) is 0 Å². The number of nitrogens with one attached hydrogen (secondary N) is 2. The monoisotopic (exact) mass is 346 g/mol. The summed E-state index contributed by atoms with van der Waals surface area (Å²) in [6.45, 7) is 4.53. The molecule has 0 spiro atoms. The Morgan fingerprint density at radius 2 is 2.00 bits per heavy atom. The third-order valence-corrected chi connectivity index (χ3v) is 3.61. The van der Waals surface area contributed by atoms with Crippen LogP contribution in [0.15, 0.2) is 22.7 Å². The number of hydrogen-bond acceptors (Lipinski definition) is 2. The Morgan fingerprint density at radius 3 is 2.63 bits per heavy atom. The van der Waals surface area contributed by atoms with Crippen molar-refractivity contribution in [2.75, 3.05) is 13.1 Å². The standard InChI is InChI=1S/C13H16BrClN2O2/c1-8(2)6-16-11(18)7-17-13(19)9-4-3-5-10(14)12(9)15/h3-5,8H,6-7H2,1-2H3,(H,16,18)(H,17,19). The van der Waals surface area contributed by atoms with Gasteiger partial charge in [-0.2, -0.15) is 0 Å². The fourth-order valence-corrected chi connectivity index (χ4v) is 1.89. The van der Waals surface area contributed by atoms with Crippen LogP contribution < -0.4 is 10.6 Å². The lowest BCUT2D eigenvalue weighted by Gasteiger charge is -2.09. The molecule has 6 heteroatoms. The van der Waals surface area contributed by atoms with E-state index < -0.39 is 0 Å². The molecule has 1 rings (SSSR count). The highest BCUT2D eigenvalue weighted by Gasteiger charge is 2.13. The number of hydrogen-bond donors (Lipinski definition) is 2. The van der Waals surface area contributed by atoms with Gasteiger partial charge in [0.05, 0.1) is 17.1 Å². The highest BCUT2D eigenvalue weighted by atomic mass is 79.9.